The maximum Gasteiger partial charge on any atom is 0.0102 e. The highest BCUT2D eigenvalue weighted by Crippen LogP contribution is 2.32. The molecule has 60 valence electrons. The molecule has 0 radical (unpaired) electrons. The molecule has 0 aromatic heterocycles. The van der Waals surface area contributed by atoms with Crippen LogP contribution >= 0.6 is 0 Å². The predicted molar refractivity (Wildman–Crippen MR) is 43.9 cm³/mol. The number of nitrogens with two attached hydrogens (primary N) is 1. The van der Waals surface area contributed by atoms with Gasteiger partial charge in [0.1, 0.15) is 0 Å². The first-order valence-electron chi connectivity index (χ1n) is 4.21. The third-order valence-electron chi connectivity index (χ3n) is 2.13. The van der Waals surface area contributed by atoms with Crippen molar-refractivity contribution >= 4 is 0 Å². The van der Waals surface area contributed by atoms with Gasteiger partial charge in [-0.2, -0.15) is 0 Å². The fraction of sp³-hybridized carbons (Fsp3) is 1.00. The van der Waals surface area contributed by atoms with Crippen molar-refractivity contribution in [2.24, 2.45) is 11.7 Å². The van der Waals surface area contributed by atoms with E-state index in [2.05, 4.69) is 11.9 Å². The van der Waals surface area contributed by atoms with Crippen LogP contribution < -0.4 is 5.73 Å². The minimum absolute atomic E-state index is 0.793. The van der Waals surface area contributed by atoms with Crippen molar-refractivity contribution in [3.8, 4) is 0 Å². The minimum atomic E-state index is 0.793. The van der Waals surface area contributed by atoms with Crippen LogP contribution in [0.4, 0.5) is 0 Å². The molecule has 1 aliphatic carbocycles. The van der Waals surface area contributed by atoms with Crippen molar-refractivity contribution in [3.63, 3.8) is 0 Å². The molecule has 2 heteroatoms. The summed E-state index contributed by atoms with van der Waals surface area (Å²) in [5, 5.41) is 0. The standard InChI is InChI=1S/C8H18N2/c1-10(7-5-9)6-4-8-2-3-8/h8H,2-7,9H2,1H3. The van der Waals surface area contributed by atoms with Gasteiger partial charge in [0.25, 0.3) is 0 Å². The van der Waals surface area contributed by atoms with Crippen LogP contribution in [0.5, 0.6) is 0 Å². The Labute approximate surface area is 63.4 Å². The van der Waals surface area contributed by atoms with Crippen LogP contribution in [0.1, 0.15) is 19.3 Å². The molecule has 0 aliphatic heterocycles. The van der Waals surface area contributed by atoms with Gasteiger partial charge in [-0.15, -0.1) is 0 Å². The normalized spacial score (nSPS) is 18.3. The Kier molecular flexibility index (Phi) is 3.16. The Hall–Kier alpha value is -0.0800. The van der Waals surface area contributed by atoms with Crippen molar-refractivity contribution in [2.75, 3.05) is 26.7 Å². The number of hydrogen-bond acceptors (Lipinski definition) is 2. The molecular formula is C8H18N2. The molecule has 10 heavy (non-hydrogen) atoms. The summed E-state index contributed by atoms with van der Waals surface area (Å²) in [6.45, 7) is 3.08. The van der Waals surface area contributed by atoms with E-state index in [1.165, 1.54) is 25.8 Å². The Bertz CT molecular complexity index is 89.3. The van der Waals surface area contributed by atoms with Gasteiger partial charge in [0.15, 0.2) is 0 Å². The van der Waals surface area contributed by atoms with E-state index < -0.39 is 0 Å². The van der Waals surface area contributed by atoms with Gasteiger partial charge in [-0.3, -0.25) is 0 Å². The van der Waals surface area contributed by atoms with E-state index in [1.54, 1.807) is 0 Å². The monoisotopic (exact) mass is 142 g/mol. The summed E-state index contributed by atoms with van der Waals surface area (Å²) in [4.78, 5) is 2.32. The summed E-state index contributed by atoms with van der Waals surface area (Å²) in [7, 11) is 2.15. The van der Waals surface area contributed by atoms with E-state index in [1.807, 2.05) is 0 Å². The molecule has 1 rings (SSSR count). The maximum absolute atomic E-state index is 5.41. The first-order valence-corrected chi connectivity index (χ1v) is 4.21. The summed E-state index contributed by atoms with van der Waals surface area (Å²) in [6, 6.07) is 0. The number of rotatable bonds is 5. The van der Waals surface area contributed by atoms with Crippen molar-refractivity contribution in [1.82, 2.24) is 4.90 Å². The van der Waals surface area contributed by atoms with E-state index in [0.717, 1.165) is 19.0 Å². The lowest BCUT2D eigenvalue weighted by Crippen LogP contribution is -2.26. The molecule has 1 saturated carbocycles. The molecule has 0 bridgehead atoms. The van der Waals surface area contributed by atoms with Crippen LogP contribution in [-0.4, -0.2) is 31.6 Å². The van der Waals surface area contributed by atoms with Gasteiger partial charge in [0.2, 0.25) is 0 Å². The number of hydrogen-bond donors (Lipinski definition) is 1. The minimum Gasteiger partial charge on any atom is -0.329 e. The van der Waals surface area contributed by atoms with Gasteiger partial charge >= 0.3 is 0 Å². The van der Waals surface area contributed by atoms with Crippen LogP contribution in [-0.2, 0) is 0 Å². The van der Waals surface area contributed by atoms with Gasteiger partial charge in [0.05, 0.1) is 0 Å². The summed E-state index contributed by atoms with van der Waals surface area (Å²) in [5.74, 6) is 1.06. The van der Waals surface area contributed by atoms with Gasteiger partial charge in [-0.25, -0.2) is 0 Å². The van der Waals surface area contributed by atoms with Crippen LogP contribution in [0.15, 0.2) is 0 Å². The van der Waals surface area contributed by atoms with E-state index in [0.29, 0.717) is 0 Å². The summed E-state index contributed by atoms with van der Waals surface area (Å²) in [6.07, 6.45) is 4.32. The Morgan fingerprint density at radius 1 is 1.40 bits per heavy atom. The molecule has 2 N–H and O–H groups in total. The first kappa shape index (κ1) is 8.02. The SMILES string of the molecule is CN(CCN)CCC1CC1. The molecule has 0 atom stereocenters. The molecule has 0 spiro atoms. The summed E-state index contributed by atoms with van der Waals surface area (Å²) >= 11 is 0. The predicted octanol–water partition coefficient (Wildman–Crippen LogP) is 0.677. The van der Waals surface area contributed by atoms with Crippen molar-refractivity contribution in [2.45, 2.75) is 19.3 Å². The molecule has 0 saturated heterocycles. The van der Waals surface area contributed by atoms with Crippen LogP contribution in [0.2, 0.25) is 0 Å². The molecule has 0 amide bonds. The molecule has 0 aromatic carbocycles. The highest BCUT2D eigenvalue weighted by atomic mass is 15.1. The maximum atomic E-state index is 5.41. The topological polar surface area (TPSA) is 29.3 Å². The fourth-order valence-corrected chi connectivity index (χ4v) is 1.14. The number of likely N-dealkylation sites (N-methyl/N-ethyl adjacent to an activating group) is 1. The lowest BCUT2D eigenvalue weighted by atomic mass is 10.3. The molecule has 1 fully saturated rings. The Morgan fingerprint density at radius 3 is 2.60 bits per heavy atom. The third-order valence-corrected chi connectivity index (χ3v) is 2.13. The van der Waals surface area contributed by atoms with Gasteiger partial charge in [0, 0.05) is 13.1 Å². The lowest BCUT2D eigenvalue weighted by molar-refractivity contribution is 0.331. The quantitative estimate of drug-likeness (QED) is 0.611. The molecule has 1 aliphatic rings. The zero-order valence-corrected chi connectivity index (χ0v) is 6.84. The summed E-state index contributed by atoms with van der Waals surface area (Å²) < 4.78 is 0. The zero-order valence-electron chi connectivity index (χ0n) is 6.84. The first-order chi connectivity index (χ1) is 4.83. The van der Waals surface area contributed by atoms with E-state index >= 15 is 0 Å². The van der Waals surface area contributed by atoms with Crippen molar-refractivity contribution in [3.05, 3.63) is 0 Å². The molecule has 0 heterocycles. The lowest BCUT2D eigenvalue weighted by Gasteiger charge is -2.14. The van der Waals surface area contributed by atoms with E-state index in [9.17, 15) is 0 Å². The third kappa shape index (κ3) is 3.18. The average molecular weight is 142 g/mol. The Balaban J connectivity index is 1.89. The van der Waals surface area contributed by atoms with Gasteiger partial charge in [-0.05, 0) is 25.9 Å². The van der Waals surface area contributed by atoms with Crippen molar-refractivity contribution < 1.29 is 0 Å². The zero-order chi connectivity index (χ0) is 7.40. The highest BCUT2D eigenvalue weighted by Gasteiger charge is 2.20. The Morgan fingerprint density at radius 2 is 2.10 bits per heavy atom. The van der Waals surface area contributed by atoms with E-state index in [4.69, 9.17) is 5.73 Å². The van der Waals surface area contributed by atoms with Crippen LogP contribution in [0.3, 0.4) is 0 Å². The smallest absolute Gasteiger partial charge is 0.0102 e. The van der Waals surface area contributed by atoms with Gasteiger partial charge < -0.3 is 10.6 Å². The van der Waals surface area contributed by atoms with E-state index in [-0.39, 0.29) is 0 Å². The molecule has 0 unspecified atom stereocenters. The largest absolute Gasteiger partial charge is 0.329 e. The second-order valence-electron chi connectivity index (χ2n) is 3.32. The van der Waals surface area contributed by atoms with Crippen LogP contribution in [0, 0.1) is 5.92 Å². The molecule has 2 nitrogen and oxygen atoms in total. The van der Waals surface area contributed by atoms with Gasteiger partial charge in [-0.1, -0.05) is 12.8 Å². The van der Waals surface area contributed by atoms with Crippen LogP contribution in [0.25, 0.3) is 0 Å². The number of nitrogens with zero attached hydrogens (tertiary/aromatic N) is 1. The summed E-state index contributed by atoms with van der Waals surface area (Å²) in [5.41, 5.74) is 5.41. The van der Waals surface area contributed by atoms with Crippen molar-refractivity contribution in [1.29, 1.82) is 0 Å². The second-order valence-corrected chi connectivity index (χ2v) is 3.32. The fourth-order valence-electron chi connectivity index (χ4n) is 1.14. The average Bonchev–Trinajstić information content (AvgIpc) is 2.67. The molecule has 0 aromatic rings. The molecular weight excluding hydrogens is 124 g/mol. The second kappa shape index (κ2) is 3.94. The highest BCUT2D eigenvalue weighted by molar-refractivity contribution is 4.73.